The zero-order valence-corrected chi connectivity index (χ0v) is 9.61. The lowest BCUT2D eigenvalue weighted by molar-refractivity contribution is 0.0659. The van der Waals surface area contributed by atoms with Crippen molar-refractivity contribution in [2.24, 2.45) is 0 Å². The van der Waals surface area contributed by atoms with Gasteiger partial charge in [-0.05, 0) is 25.0 Å². The molecule has 94 valence electrons. The number of hydrogen-bond donors (Lipinski definition) is 3. The molecule has 0 unspecified atom stereocenters. The van der Waals surface area contributed by atoms with Gasteiger partial charge in [0.1, 0.15) is 5.76 Å². The summed E-state index contributed by atoms with van der Waals surface area (Å²) in [4.78, 5) is 10.6. The molecule has 0 aromatic carbocycles. The van der Waals surface area contributed by atoms with Crippen LogP contribution >= 0.6 is 0 Å². The molecule has 0 saturated heterocycles. The molecule has 1 heterocycles. The highest BCUT2D eigenvalue weighted by atomic mass is 16.4. The van der Waals surface area contributed by atoms with Crippen molar-refractivity contribution >= 4 is 5.97 Å². The topological polar surface area (TPSA) is 82.7 Å². The monoisotopic (exact) mass is 239 g/mol. The Morgan fingerprint density at radius 1 is 1.41 bits per heavy atom. The minimum absolute atomic E-state index is 0.0497. The van der Waals surface area contributed by atoms with Crippen LogP contribution in [0, 0.1) is 0 Å². The van der Waals surface area contributed by atoms with E-state index in [2.05, 4.69) is 5.32 Å². The Labute approximate surface area is 99.4 Å². The van der Waals surface area contributed by atoms with Crippen molar-refractivity contribution in [3.63, 3.8) is 0 Å². The number of carboxylic acid groups (broad SMARTS) is 1. The summed E-state index contributed by atoms with van der Waals surface area (Å²) in [6.45, 7) is 0.563. The molecule has 1 aliphatic carbocycles. The minimum Gasteiger partial charge on any atom is -0.475 e. The highest BCUT2D eigenvalue weighted by Crippen LogP contribution is 2.29. The maximum Gasteiger partial charge on any atom is 0.371 e. The summed E-state index contributed by atoms with van der Waals surface area (Å²) in [6, 6.07) is 3.09. The quantitative estimate of drug-likeness (QED) is 0.723. The molecule has 5 nitrogen and oxygen atoms in total. The SMILES string of the molecule is O=C(O)c1ccc(CNC2(CO)CCCC2)o1. The first-order valence-electron chi connectivity index (χ1n) is 5.83. The van der Waals surface area contributed by atoms with Crippen molar-refractivity contribution in [2.75, 3.05) is 6.61 Å². The van der Waals surface area contributed by atoms with Crippen LogP contribution in [-0.2, 0) is 6.54 Å². The van der Waals surface area contributed by atoms with Gasteiger partial charge in [0.05, 0.1) is 13.2 Å². The number of rotatable bonds is 5. The predicted molar refractivity (Wildman–Crippen MR) is 60.8 cm³/mol. The summed E-state index contributed by atoms with van der Waals surface area (Å²) in [6.07, 6.45) is 4.14. The van der Waals surface area contributed by atoms with Crippen LogP contribution in [0.1, 0.15) is 42.0 Å². The van der Waals surface area contributed by atoms with Crippen molar-refractivity contribution in [2.45, 2.75) is 37.8 Å². The maximum atomic E-state index is 10.6. The van der Waals surface area contributed by atoms with Crippen molar-refractivity contribution in [3.05, 3.63) is 23.7 Å². The number of carboxylic acids is 1. The molecular formula is C12H17NO4. The van der Waals surface area contributed by atoms with Crippen LogP contribution in [0.5, 0.6) is 0 Å². The third-order valence-electron chi connectivity index (χ3n) is 3.37. The van der Waals surface area contributed by atoms with Crippen molar-refractivity contribution in [1.29, 1.82) is 0 Å². The Morgan fingerprint density at radius 3 is 2.65 bits per heavy atom. The normalized spacial score (nSPS) is 18.4. The smallest absolute Gasteiger partial charge is 0.371 e. The number of aliphatic hydroxyl groups excluding tert-OH is 1. The number of hydrogen-bond acceptors (Lipinski definition) is 4. The zero-order chi connectivity index (χ0) is 12.3. The summed E-state index contributed by atoms with van der Waals surface area (Å²) in [7, 11) is 0. The average molecular weight is 239 g/mol. The minimum atomic E-state index is -1.06. The largest absolute Gasteiger partial charge is 0.475 e. The molecule has 0 aliphatic heterocycles. The van der Waals surface area contributed by atoms with Gasteiger partial charge in [-0.3, -0.25) is 0 Å². The number of carbonyl (C=O) groups is 1. The predicted octanol–water partition coefficient (Wildman–Crippen LogP) is 1.37. The third kappa shape index (κ3) is 2.68. The molecule has 0 radical (unpaired) electrons. The number of nitrogens with one attached hydrogen (secondary N) is 1. The first-order valence-corrected chi connectivity index (χ1v) is 5.83. The van der Waals surface area contributed by atoms with Gasteiger partial charge in [0.25, 0.3) is 0 Å². The number of aliphatic hydroxyl groups is 1. The average Bonchev–Trinajstić information content (AvgIpc) is 2.96. The summed E-state index contributed by atoms with van der Waals surface area (Å²) in [5, 5.41) is 21.4. The van der Waals surface area contributed by atoms with Gasteiger partial charge in [-0.15, -0.1) is 0 Å². The van der Waals surface area contributed by atoms with Crippen LogP contribution in [0.15, 0.2) is 16.5 Å². The highest BCUT2D eigenvalue weighted by molar-refractivity contribution is 5.84. The molecule has 0 amide bonds. The van der Waals surface area contributed by atoms with Crippen LogP contribution in [0.4, 0.5) is 0 Å². The Balaban J connectivity index is 1.94. The van der Waals surface area contributed by atoms with Gasteiger partial charge >= 0.3 is 5.97 Å². The van der Waals surface area contributed by atoms with Gasteiger partial charge in [-0.2, -0.15) is 0 Å². The van der Waals surface area contributed by atoms with Crippen LogP contribution in [-0.4, -0.2) is 28.3 Å². The highest BCUT2D eigenvalue weighted by Gasteiger charge is 2.32. The fourth-order valence-electron chi connectivity index (χ4n) is 2.31. The molecule has 0 spiro atoms. The molecule has 3 N–H and O–H groups in total. The first kappa shape index (κ1) is 12.1. The summed E-state index contributed by atoms with van der Waals surface area (Å²) in [5.41, 5.74) is -0.212. The van der Waals surface area contributed by atoms with Gasteiger partial charge in [-0.25, -0.2) is 4.79 Å². The molecule has 1 aromatic heterocycles. The number of furan rings is 1. The van der Waals surface area contributed by atoms with Crippen LogP contribution in [0.3, 0.4) is 0 Å². The molecule has 5 heteroatoms. The van der Waals surface area contributed by atoms with Gasteiger partial charge in [0.2, 0.25) is 5.76 Å². The molecule has 2 rings (SSSR count). The molecular weight excluding hydrogens is 222 g/mol. The molecule has 0 atom stereocenters. The Kier molecular flexibility index (Phi) is 3.49. The van der Waals surface area contributed by atoms with Crippen LogP contribution in [0.25, 0.3) is 0 Å². The summed E-state index contributed by atoms with van der Waals surface area (Å²) in [5.74, 6) is -0.526. The van der Waals surface area contributed by atoms with E-state index in [9.17, 15) is 9.90 Å². The van der Waals surface area contributed by atoms with Crippen LogP contribution in [0.2, 0.25) is 0 Å². The van der Waals surface area contributed by atoms with E-state index < -0.39 is 5.97 Å². The second-order valence-corrected chi connectivity index (χ2v) is 4.57. The lowest BCUT2D eigenvalue weighted by Gasteiger charge is -2.27. The van der Waals surface area contributed by atoms with E-state index in [0.29, 0.717) is 12.3 Å². The summed E-state index contributed by atoms with van der Waals surface area (Å²) >= 11 is 0. The number of aromatic carboxylic acids is 1. The molecule has 0 bridgehead atoms. The second-order valence-electron chi connectivity index (χ2n) is 4.57. The van der Waals surface area contributed by atoms with Crippen molar-refractivity contribution in [1.82, 2.24) is 5.32 Å². The molecule has 1 aromatic rings. The van der Waals surface area contributed by atoms with Gasteiger partial charge in [0, 0.05) is 5.54 Å². The van der Waals surface area contributed by atoms with E-state index in [1.165, 1.54) is 6.07 Å². The maximum absolute atomic E-state index is 10.6. The summed E-state index contributed by atoms with van der Waals surface area (Å²) < 4.78 is 5.15. The molecule has 17 heavy (non-hydrogen) atoms. The third-order valence-corrected chi connectivity index (χ3v) is 3.37. The Hall–Kier alpha value is -1.33. The van der Waals surface area contributed by atoms with E-state index in [1.54, 1.807) is 6.07 Å². The lowest BCUT2D eigenvalue weighted by Crippen LogP contribution is -2.45. The first-order chi connectivity index (χ1) is 8.15. The van der Waals surface area contributed by atoms with E-state index in [1.807, 2.05) is 0 Å². The van der Waals surface area contributed by atoms with E-state index in [-0.39, 0.29) is 17.9 Å². The van der Waals surface area contributed by atoms with Gasteiger partial charge in [-0.1, -0.05) is 12.8 Å². The second kappa shape index (κ2) is 4.89. The fourth-order valence-corrected chi connectivity index (χ4v) is 2.31. The molecule has 1 fully saturated rings. The fraction of sp³-hybridized carbons (Fsp3) is 0.583. The Morgan fingerprint density at radius 2 is 2.12 bits per heavy atom. The van der Waals surface area contributed by atoms with E-state index in [0.717, 1.165) is 25.7 Å². The van der Waals surface area contributed by atoms with Crippen LogP contribution < -0.4 is 5.32 Å². The van der Waals surface area contributed by atoms with Gasteiger partial charge in [0.15, 0.2) is 0 Å². The van der Waals surface area contributed by atoms with E-state index >= 15 is 0 Å². The standard InChI is InChI=1S/C12H17NO4/c14-8-12(5-1-2-6-12)13-7-9-3-4-10(17-9)11(15)16/h3-4,13-14H,1-2,5-8H2,(H,15,16). The molecule has 1 saturated carbocycles. The van der Waals surface area contributed by atoms with E-state index in [4.69, 9.17) is 9.52 Å². The zero-order valence-electron chi connectivity index (χ0n) is 9.61. The van der Waals surface area contributed by atoms with Gasteiger partial charge < -0.3 is 19.9 Å². The lowest BCUT2D eigenvalue weighted by atomic mass is 9.99. The van der Waals surface area contributed by atoms with Crippen molar-refractivity contribution < 1.29 is 19.4 Å². The Bertz CT molecular complexity index is 393. The van der Waals surface area contributed by atoms with Crippen molar-refractivity contribution in [3.8, 4) is 0 Å². The molecule has 1 aliphatic rings.